The van der Waals surface area contributed by atoms with Crippen molar-refractivity contribution in [3.8, 4) is 0 Å². The molecule has 0 bridgehead atoms. The number of hydrogen-bond donors (Lipinski definition) is 0. The Morgan fingerprint density at radius 1 is 1.00 bits per heavy atom. The zero-order valence-corrected chi connectivity index (χ0v) is 13.6. The number of rotatable bonds is 11. The van der Waals surface area contributed by atoms with Gasteiger partial charge in [-0.05, 0) is 25.6 Å². The maximum atomic E-state index is 5.47. The van der Waals surface area contributed by atoms with Gasteiger partial charge in [-0.25, -0.2) is 0 Å². The lowest BCUT2D eigenvalue weighted by Crippen LogP contribution is -2.25. The number of ether oxygens (including phenoxy) is 1. The van der Waals surface area contributed by atoms with Gasteiger partial charge in [-0.3, -0.25) is 0 Å². The topological polar surface area (TPSA) is 12.5 Å². The van der Waals surface area contributed by atoms with Crippen LogP contribution in [0.15, 0.2) is 0 Å². The Hall–Kier alpha value is -0.310. The quantitative estimate of drug-likeness (QED) is 0.395. The van der Waals surface area contributed by atoms with E-state index < -0.39 is 0 Å². The molecule has 0 aromatic rings. The first kappa shape index (κ1) is 16.7. The van der Waals surface area contributed by atoms with Gasteiger partial charge in [0, 0.05) is 6.54 Å². The van der Waals surface area contributed by atoms with E-state index in [1.54, 1.807) is 0 Å². The summed E-state index contributed by atoms with van der Waals surface area (Å²) in [4.78, 5) is 2.21. The molecule has 0 aliphatic carbocycles. The van der Waals surface area contributed by atoms with Gasteiger partial charge >= 0.3 is 0 Å². The zero-order valence-electron chi connectivity index (χ0n) is 12.8. The van der Waals surface area contributed by atoms with Gasteiger partial charge in [0.05, 0.1) is 6.54 Å². The molecule has 19 heavy (non-hydrogen) atoms. The maximum Gasteiger partial charge on any atom is 0.259 e. The summed E-state index contributed by atoms with van der Waals surface area (Å²) in [6.07, 6.45) is 14.1. The van der Waals surface area contributed by atoms with Crippen molar-refractivity contribution in [1.82, 2.24) is 4.90 Å². The summed E-state index contributed by atoms with van der Waals surface area (Å²) in [5.41, 5.74) is 0. The van der Waals surface area contributed by atoms with E-state index in [-0.39, 0.29) is 6.10 Å². The highest BCUT2D eigenvalue weighted by Crippen LogP contribution is 2.14. The highest BCUT2D eigenvalue weighted by atomic mass is 32.1. The van der Waals surface area contributed by atoms with Crippen molar-refractivity contribution >= 4 is 17.4 Å². The molecule has 1 rings (SSSR count). The van der Waals surface area contributed by atoms with Crippen molar-refractivity contribution in [3.63, 3.8) is 0 Å². The molecule has 0 amide bonds. The molecule has 0 aromatic carbocycles. The minimum Gasteiger partial charge on any atom is -0.466 e. The van der Waals surface area contributed by atoms with Crippen LogP contribution in [0.5, 0.6) is 0 Å². The molecule has 1 saturated heterocycles. The van der Waals surface area contributed by atoms with E-state index in [9.17, 15) is 0 Å². The second kappa shape index (κ2) is 10.5. The normalized spacial score (nSPS) is 18.9. The molecule has 0 aromatic heterocycles. The first-order chi connectivity index (χ1) is 9.24. The molecular formula is C16H31NOS. The Labute approximate surface area is 124 Å². The van der Waals surface area contributed by atoms with Gasteiger partial charge in [-0.2, -0.15) is 0 Å². The van der Waals surface area contributed by atoms with Crippen LogP contribution in [0.2, 0.25) is 0 Å². The van der Waals surface area contributed by atoms with E-state index in [1.165, 1.54) is 64.2 Å². The van der Waals surface area contributed by atoms with E-state index in [0.29, 0.717) is 5.17 Å². The van der Waals surface area contributed by atoms with E-state index in [4.69, 9.17) is 17.0 Å². The van der Waals surface area contributed by atoms with Crippen molar-refractivity contribution < 1.29 is 4.74 Å². The molecule has 1 heterocycles. The summed E-state index contributed by atoms with van der Waals surface area (Å²) in [7, 11) is 0. The average Bonchev–Trinajstić information content (AvgIpc) is 2.70. The van der Waals surface area contributed by atoms with Gasteiger partial charge in [0.2, 0.25) is 0 Å². The first-order valence-electron chi connectivity index (χ1n) is 8.19. The van der Waals surface area contributed by atoms with Crippen LogP contribution < -0.4 is 0 Å². The van der Waals surface area contributed by atoms with Crippen molar-refractivity contribution in [2.45, 2.75) is 84.2 Å². The Morgan fingerprint density at radius 3 is 2.00 bits per heavy atom. The number of hydrogen-bond acceptors (Lipinski definition) is 2. The molecule has 0 spiro atoms. The van der Waals surface area contributed by atoms with Crippen LogP contribution in [-0.2, 0) is 4.74 Å². The van der Waals surface area contributed by atoms with Crippen molar-refractivity contribution in [3.05, 3.63) is 0 Å². The third kappa shape index (κ3) is 7.76. The lowest BCUT2D eigenvalue weighted by Gasteiger charge is -2.14. The van der Waals surface area contributed by atoms with Gasteiger partial charge < -0.3 is 9.64 Å². The predicted octanol–water partition coefficient (Wildman–Crippen LogP) is 4.91. The van der Waals surface area contributed by atoms with Crippen molar-refractivity contribution in [2.75, 3.05) is 13.1 Å². The minimum atomic E-state index is 0.288. The molecule has 1 fully saturated rings. The molecular weight excluding hydrogens is 254 g/mol. The molecule has 1 aliphatic rings. The molecule has 0 saturated carbocycles. The lowest BCUT2D eigenvalue weighted by atomic mass is 10.1. The van der Waals surface area contributed by atoms with Crippen molar-refractivity contribution in [2.24, 2.45) is 0 Å². The fourth-order valence-corrected chi connectivity index (χ4v) is 2.97. The van der Waals surface area contributed by atoms with E-state index in [0.717, 1.165) is 13.1 Å². The molecule has 0 unspecified atom stereocenters. The minimum absolute atomic E-state index is 0.288. The molecule has 1 atom stereocenters. The lowest BCUT2D eigenvalue weighted by molar-refractivity contribution is 0.256. The number of unbranched alkanes of at least 4 members (excludes halogenated alkanes) is 9. The van der Waals surface area contributed by atoms with E-state index in [1.807, 2.05) is 0 Å². The smallest absolute Gasteiger partial charge is 0.259 e. The monoisotopic (exact) mass is 285 g/mol. The van der Waals surface area contributed by atoms with Gasteiger partial charge in [0.25, 0.3) is 5.17 Å². The Morgan fingerprint density at radius 2 is 1.53 bits per heavy atom. The Bertz CT molecular complexity index is 245. The third-order valence-corrected chi connectivity index (χ3v) is 4.17. The van der Waals surface area contributed by atoms with Gasteiger partial charge in [-0.15, -0.1) is 0 Å². The fraction of sp³-hybridized carbons (Fsp3) is 0.938. The van der Waals surface area contributed by atoms with Crippen LogP contribution in [0.3, 0.4) is 0 Å². The Kier molecular flexibility index (Phi) is 9.23. The van der Waals surface area contributed by atoms with E-state index >= 15 is 0 Å². The van der Waals surface area contributed by atoms with Gasteiger partial charge in [0.1, 0.15) is 6.10 Å². The van der Waals surface area contributed by atoms with Crippen LogP contribution in [0.1, 0.15) is 78.1 Å². The summed E-state index contributed by atoms with van der Waals surface area (Å²) in [6.45, 7) is 6.43. The van der Waals surface area contributed by atoms with Gasteiger partial charge in [-0.1, -0.05) is 64.7 Å². The second-order valence-corrected chi connectivity index (χ2v) is 6.17. The standard InChI is InChI=1S/C16H31NOS/c1-3-4-5-6-7-8-9-10-11-12-13-17-14-15(2)18-16(17)19/h15H,3-14H2,1-2H3/t15-/m0/s1. The van der Waals surface area contributed by atoms with Crippen LogP contribution in [0, 0.1) is 0 Å². The van der Waals surface area contributed by atoms with Crippen LogP contribution in [-0.4, -0.2) is 29.3 Å². The highest BCUT2D eigenvalue weighted by Gasteiger charge is 2.23. The van der Waals surface area contributed by atoms with E-state index in [2.05, 4.69) is 18.7 Å². The molecule has 112 valence electrons. The highest BCUT2D eigenvalue weighted by molar-refractivity contribution is 7.80. The SMILES string of the molecule is CCCCCCCCCCCCN1C[C@H](C)OC1=S. The van der Waals surface area contributed by atoms with Gasteiger partial charge in [0.15, 0.2) is 0 Å². The van der Waals surface area contributed by atoms with Crippen LogP contribution in [0.25, 0.3) is 0 Å². The fourth-order valence-electron chi connectivity index (χ4n) is 2.64. The molecule has 1 aliphatic heterocycles. The predicted molar refractivity (Wildman–Crippen MR) is 86.6 cm³/mol. The average molecular weight is 285 g/mol. The molecule has 0 radical (unpaired) electrons. The third-order valence-electron chi connectivity index (χ3n) is 3.82. The van der Waals surface area contributed by atoms with Crippen LogP contribution in [0.4, 0.5) is 0 Å². The first-order valence-corrected chi connectivity index (χ1v) is 8.60. The number of nitrogens with zero attached hydrogens (tertiary/aromatic N) is 1. The number of thiocarbonyl (C=S) groups is 1. The zero-order chi connectivity index (χ0) is 13.9. The maximum absolute atomic E-state index is 5.47. The summed E-state index contributed by atoms with van der Waals surface area (Å²) < 4.78 is 5.47. The van der Waals surface area contributed by atoms with Crippen LogP contribution >= 0.6 is 12.2 Å². The Balaban J connectivity index is 1.82. The summed E-state index contributed by atoms with van der Waals surface area (Å²) >= 11 is 5.19. The van der Waals surface area contributed by atoms with Crippen molar-refractivity contribution in [1.29, 1.82) is 0 Å². The molecule has 3 heteroatoms. The summed E-state index contributed by atoms with van der Waals surface area (Å²) in [6, 6.07) is 0. The second-order valence-electron chi connectivity index (χ2n) is 5.82. The molecule has 0 N–H and O–H groups in total. The summed E-state index contributed by atoms with van der Waals surface area (Å²) in [5, 5.41) is 0.712. The molecule has 2 nitrogen and oxygen atoms in total. The summed E-state index contributed by atoms with van der Waals surface area (Å²) in [5.74, 6) is 0. The largest absolute Gasteiger partial charge is 0.466 e.